The average molecular weight is 482 g/mol. The monoisotopic (exact) mass is 481 g/mol. The van der Waals surface area contributed by atoms with Crippen molar-refractivity contribution in [2.75, 3.05) is 46.8 Å². The molecule has 1 aromatic carbocycles. The second-order valence-corrected chi connectivity index (χ2v) is 7.23. The molecule has 1 atom stereocenters. The third-order valence-electron chi connectivity index (χ3n) is 3.64. The van der Waals surface area contributed by atoms with Crippen molar-refractivity contribution in [2.45, 2.75) is 47.1 Å². The minimum absolute atomic E-state index is 0.0509. The fourth-order valence-corrected chi connectivity index (χ4v) is 2.27. The topological polar surface area (TPSA) is 128 Å². The first-order chi connectivity index (χ1) is 16.3. The lowest BCUT2D eigenvalue weighted by Crippen LogP contribution is -2.41. The first-order valence-electron chi connectivity index (χ1n) is 11.8. The zero-order chi connectivity index (χ0) is 26.6. The van der Waals surface area contributed by atoms with Crippen LogP contribution in [0, 0.1) is 5.92 Å². The molecule has 1 unspecified atom stereocenters. The van der Waals surface area contributed by atoms with Crippen LogP contribution in [0.5, 0.6) is 0 Å². The number of rotatable bonds is 13. The van der Waals surface area contributed by atoms with Gasteiger partial charge in [0.25, 0.3) is 0 Å². The molecule has 2 amide bonds. The number of amides is 2. The Bertz CT molecular complexity index is 605. The van der Waals surface area contributed by atoms with E-state index in [9.17, 15) is 19.2 Å². The van der Waals surface area contributed by atoms with E-state index < -0.39 is 6.04 Å². The molecule has 0 aliphatic heterocycles. The maximum absolute atomic E-state index is 11.3. The molecule has 0 saturated heterocycles. The summed E-state index contributed by atoms with van der Waals surface area (Å²) in [6.45, 7) is 12.9. The lowest BCUT2D eigenvalue weighted by Gasteiger charge is -2.12. The SMILES string of the molecule is CC.CC(C)CNCC=O.CCNC(=O)CNC.CNCC(=O)NC(C=O)Cc1ccccc1. The predicted molar refractivity (Wildman–Crippen MR) is 140 cm³/mol. The van der Waals surface area contributed by atoms with Crippen LogP contribution in [0.1, 0.15) is 40.2 Å². The molecule has 0 fully saturated rings. The number of aldehydes is 2. The smallest absolute Gasteiger partial charge is 0.234 e. The van der Waals surface area contributed by atoms with E-state index in [0.29, 0.717) is 32.0 Å². The molecule has 196 valence electrons. The highest BCUT2D eigenvalue weighted by atomic mass is 16.2. The van der Waals surface area contributed by atoms with Crippen molar-refractivity contribution in [1.82, 2.24) is 26.6 Å². The number of carbonyl (C=O) groups is 4. The second-order valence-electron chi connectivity index (χ2n) is 7.23. The molecule has 9 nitrogen and oxygen atoms in total. The standard InChI is InChI=1S/C12H16N2O2.C6H13NO.C5H12N2O.C2H6/c1-13-8-12(16)14-11(9-15)7-10-5-3-2-4-6-10;1-6(2)5-7-3-4-8;1-3-7-5(8)4-6-2;1-2/h2-6,9,11,13H,7-8H2,1H3,(H,14,16);4,6-7H,3,5H2,1-2H3;6H,3-4H2,1-2H3,(H,7,8);1-2H3. The van der Waals surface area contributed by atoms with Gasteiger partial charge in [0.05, 0.1) is 25.7 Å². The van der Waals surface area contributed by atoms with E-state index in [1.165, 1.54) is 0 Å². The molecule has 34 heavy (non-hydrogen) atoms. The molecule has 0 radical (unpaired) electrons. The first-order valence-corrected chi connectivity index (χ1v) is 11.8. The summed E-state index contributed by atoms with van der Waals surface area (Å²) in [4.78, 5) is 42.3. The third kappa shape index (κ3) is 27.4. The van der Waals surface area contributed by atoms with Gasteiger partial charge in [-0.3, -0.25) is 9.59 Å². The Labute approximate surface area is 206 Å². The molecular weight excluding hydrogens is 434 g/mol. The minimum atomic E-state index is -0.455. The van der Waals surface area contributed by atoms with Crippen LogP contribution in [0.2, 0.25) is 0 Å². The van der Waals surface area contributed by atoms with E-state index in [-0.39, 0.29) is 18.4 Å². The van der Waals surface area contributed by atoms with Crippen LogP contribution in [-0.4, -0.2) is 77.2 Å². The number of carbonyl (C=O) groups excluding carboxylic acids is 4. The second kappa shape index (κ2) is 28.4. The first kappa shape index (κ1) is 36.0. The van der Waals surface area contributed by atoms with Gasteiger partial charge in [-0.2, -0.15) is 0 Å². The van der Waals surface area contributed by atoms with Gasteiger partial charge < -0.3 is 36.2 Å². The molecule has 0 aromatic heterocycles. The summed E-state index contributed by atoms with van der Waals surface area (Å²) in [5, 5.41) is 13.7. The van der Waals surface area contributed by atoms with Crippen LogP contribution in [0.25, 0.3) is 0 Å². The summed E-state index contributed by atoms with van der Waals surface area (Å²) in [5.41, 5.74) is 1.03. The highest BCUT2D eigenvalue weighted by molar-refractivity contribution is 5.81. The summed E-state index contributed by atoms with van der Waals surface area (Å²) < 4.78 is 0. The number of likely N-dealkylation sites (N-methyl/N-ethyl adjacent to an activating group) is 3. The molecular formula is C25H47N5O4. The van der Waals surface area contributed by atoms with E-state index in [1.54, 1.807) is 14.1 Å². The molecule has 0 saturated carbocycles. The van der Waals surface area contributed by atoms with Crippen LogP contribution in [0.15, 0.2) is 30.3 Å². The summed E-state index contributed by atoms with van der Waals surface area (Å²) in [6, 6.07) is 9.14. The van der Waals surface area contributed by atoms with Crippen LogP contribution in [-0.2, 0) is 25.6 Å². The van der Waals surface area contributed by atoms with Gasteiger partial charge in [-0.25, -0.2) is 0 Å². The zero-order valence-electron chi connectivity index (χ0n) is 22.1. The highest BCUT2D eigenvalue weighted by Gasteiger charge is 2.10. The van der Waals surface area contributed by atoms with E-state index in [1.807, 2.05) is 51.1 Å². The summed E-state index contributed by atoms with van der Waals surface area (Å²) >= 11 is 0. The van der Waals surface area contributed by atoms with Crippen molar-refractivity contribution in [3.8, 4) is 0 Å². The quantitative estimate of drug-likeness (QED) is 0.209. The van der Waals surface area contributed by atoms with Crippen molar-refractivity contribution in [1.29, 1.82) is 0 Å². The van der Waals surface area contributed by atoms with E-state index in [4.69, 9.17) is 0 Å². The Morgan fingerprint density at radius 1 is 0.941 bits per heavy atom. The summed E-state index contributed by atoms with van der Waals surface area (Å²) in [7, 11) is 3.43. The van der Waals surface area contributed by atoms with Crippen molar-refractivity contribution >= 4 is 24.4 Å². The van der Waals surface area contributed by atoms with Crippen LogP contribution in [0.3, 0.4) is 0 Å². The Morgan fingerprint density at radius 2 is 1.50 bits per heavy atom. The minimum Gasteiger partial charge on any atom is -0.355 e. The molecule has 0 aliphatic carbocycles. The van der Waals surface area contributed by atoms with E-state index in [2.05, 4.69) is 40.4 Å². The Balaban J connectivity index is -0.000000452. The van der Waals surface area contributed by atoms with Crippen LogP contribution >= 0.6 is 0 Å². The molecule has 0 bridgehead atoms. The normalized spacial score (nSPS) is 10.1. The van der Waals surface area contributed by atoms with Crippen molar-refractivity contribution < 1.29 is 19.2 Å². The number of hydrogen-bond acceptors (Lipinski definition) is 7. The lowest BCUT2D eigenvalue weighted by molar-refractivity contribution is -0.123. The number of benzene rings is 1. The van der Waals surface area contributed by atoms with Crippen molar-refractivity contribution in [2.24, 2.45) is 5.92 Å². The fourth-order valence-electron chi connectivity index (χ4n) is 2.27. The van der Waals surface area contributed by atoms with Crippen LogP contribution < -0.4 is 26.6 Å². The average Bonchev–Trinajstić information content (AvgIpc) is 2.82. The van der Waals surface area contributed by atoms with Gasteiger partial charge >= 0.3 is 0 Å². The molecule has 5 N–H and O–H groups in total. The molecule has 1 rings (SSSR count). The van der Waals surface area contributed by atoms with Crippen molar-refractivity contribution in [3.05, 3.63) is 35.9 Å². The van der Waals surface area contributed by atoms with Gasteiger partial charge in [-0.15, -0.1) is 0 Å². The maximum Gasteiger partial charge on any atom is 0.234 e. The van der Waals surface area contributed by atoms with Gasteiger partial charge in [0.1, 0.15) is 12.6 Å². The predicted octanol–water partition coefficient (Wildman–Crippen LogP) is 0.931. The third-order valence-corrected chi connectivity index (χ3v) is 3.64. The number of hydrogen-bond donors (Lipinski definition) is 5. The lowest BCUT2D eigenvalue weighted by atomic mass is 10.1. The largest absolute Gasteiger partial charge is 0.355 e. The van der Waals surface area contributed by atoms with Crippen molar-refractivity contribution in [3.63, 3.8) is 0 Å². The van der Waals surface area contributed by atoms with Crippen LogP contribution in [0.4, 0.5) is 0 Å². The van der Waals surface area contributed by atoms with Gasteiger partial charge in [0.15, 0.2) is 0 Å². The van der Waals surface area contributed by atoms with Gasteiger partial charge in [0, 0.05) is 6.54 Å². The molecule has 9 heteroatoms. The summed E-state index contributed by atoms with van der Waals surface area (Å²) in [6.07, 6.45) is 2.17. The highest BCUT2D eigenvalue weighted by Crippen LogP contribution is 2.01. The van der Waals surface area contributed by atoms with Gasteiger partial charge in [-0.1, -0.05) is 58.0 Å². The molecule has 0 heterocycles. The number of nitrogens with one attached hydrogen (secondary N) is 5. The maximum atomic E-state index is 11.3. The fraction of sp³-hybridized carbons (Fsp3) is 0.600. The van der Waals surface area contributed by atoms with E-state index >= 15 is 0 Å². The Morgan fingerprint density at radius 3 is 1.94 bits per heavy atom. The molecule has 0 aliphatic rings. The molecule has 1 aromatic rings. The Kier molecular flexibility index (Phi) is 30.0. The van der Waals surface area contributed by atoms with Gasteiger partial charge in [-0.05, 0) is 45.5 Å². The zero-order valence-corrected chi connectivity index (χ0v) is 22.1. The Hall–Kier alpha value is -2.62. The van der Waals surface area contributed by atoms with Gasteiger partial charge in [0.2, 0.25) is 11.8 Å². The summed E-state index contributed by atoms with van der Waals surface area (Å²) in [5.74, 6) is 0.514. The molecule has 0 spiro atoms. The van der Waals surface area contributed by atoms with E-state index in [0.717, 1.165) is 24.7 Å².